The van der Waals surface area contributed by atoms with Gasteiger partial charge < -0.3 is 59.4 Å². The molecule has 0 atom stereocenters. The zero-order chi connectivity index (χ0) is 27.4. The van der Waals surface area contributed by atoms with E-state index in [1.807, 2.05) is 0 Å². The Kier molecular flexibility index (Phi) is 16.8. The third kappa shape index (κ3) is 11.0. The summed E-state index contributed by atoms with van der Waals surface area (Å²) in [5.74, 6) is -9.11. The second-order valence-corrected chi connectivity index (χ2v) is 6.36. The van der Waals surface area contributed by atoms with Gasteiger partial charge in [0.25, 0.3) is 0 Å². The van der Waals surface area contributed by atoms with E-state index >= 15 is 0 Å². The van der Waals surface area contributed by atoms with Crippen LogP contribution in [0.3, 0.4) is 0 Å². The molecule has 0 aliphatic heterocycles. The molecule has 0 saturated heterocycles. The van der Waals surface area contributed by atoms with Crippen molar-refractivity contribution in [3.63, 3.8) is 0 Å². The Labute approximate surface area is 249 Å². The zero-order valence-corrected chi connectivity index (χ0v) is 23.8. The molecule has 0 fully saturated rings. The summed E-state index contributed by atoms with van der Waals surface area (Å²) in [6.45, 7) is 0. The molecule has 14 heteroatoms. The number of carboxylic acids is 6. The second-order valence-electron chi connectivity index (χ2n) is 6.36. The summed E-state index contributed by atoms with van der Waals surface area (Å²) >= 11 is 0. The van der Waals surface area contributed by atoms with E-state index in [9.17, 15) is 59.4 Å². The number of rotatable bonds is 6. The van der Waals surface area contributed by atoms with Gasteiger partial charge in [-0.3, -0.25) is 0 Å². The molecule has 3 rings (SSSR count). The van der Waals surface area contributed by atoms with E-state index in [-0.39, 0.29) is 82.2 Å². The molecule has 3 aromatic carbocycles. The Morgan fingerprint density at radius 1 is 0.316 bits per heavy atom. The van der Waals surface area contributed by atoms with E-state index in [0.717, 1.165) is 36.4 Å². The molecule has 0 heterocycles. The van der Waals surface area contributed by atoms with Gasteiger partial charge in [0, 0.05) is 33.4 Å². The van der Waals surface area contributed by atoms with Crippen molar-refractivity contribution in [3.8, 4) is 0 Å². The fourth-order valence-electron chi connectivity index (χ4n) is 2.52. The number of hydrogen-bond donors (Lipinski definition) is 0. The maximum absolute atomic E-state index is 10.3. The van der Waals surface area contributed by atoms with Crippen LogP contribution in [0.5, 0.6) is 0 Å². The zero-order valence-electron chi connectivity index (χ0n) is 18.7. The third-order valence-corrected chi connectivity index (χ3v) is 4.10. The number of carbonyl (C=O) groups is 6. The standard InChI is InChI=1S/3C8H6O4.2Sb/c3*9-7(10)5-3-1-2-4-6(5)8(11)12;;/h3*1-4H,(H,9,10)(H,11,12);;/q;;;2*+3/p-6. The predicted octanol–water partition coefficient (Wildman–Crippen LogP) is -5.52. The van der Waals surface area contributed by atoms with Crippen LogP contribution in [0, 0.1) is 0 Å². The van der Waals surface area contributed by atoms with Crippen molar-refractivity contribution < 1.29 is 59.4 Å². The minimum absolute atomic E-state index is 0. The van der Waals surface area contributed by atoms with Crippen molar-refractivity contribution in [2.45, 2.75) is 0 Å². The summed E-state index contributed by atoms with van der Waals surface area (Å²) in [4.78, 5) is 61.9. The van der Waals surface area contributed by atoms with Crippen molar-refractivity contribution in [2.75, 3.05) is 0 Å². The molecule has 0 aliphatic carbocycles. The Morgan fingerprint density at radius 2 is 0.421 bits per heavy atom. The van der Waals surface area contributed by atoms with Gasteiger partial charge in [0.05, 0.1) is 35.8 Å². The maximum Gasteiger partial charge on any atom is 3.00 e. The third-order valence-electron chi connectivity index (χ3n) is 4.10. The summed E-state index contributed by atoms with van der Waals surface area (Å²) in [7, 11) is 0. The molecule has 4 radical (unpaired) electrons. The van der Waals surface area contributed by atoms with E-state index in [0.29, 0.717) is 0 Å². The minimum Gasteiger partial charge on any atom is -0.545 e. The van der Waals surface area contributed by atoms with Crippen LogP contribution in [0.4, 0.5) is 0 Å². The average molecular weight is 736 g/mol. The van der Waals surface area contributed by atoms with Crippen LogP contribution in [0.15, 0.2) is 72.8 Å². The van der Waals surface area contributed by atoms with Crippen molar-refractivity contribution >= 4 is 84.7 Å². The summed E-state index contributed by atoms with van der Waals surface area (Å²) < 4.78 is 0. The minimum atomic E-state index is -1.52. The monoisotopic (exact) mass is 734 g/mol. The van der Waals surface area contributed by atoms with Crippen LogP contribution < -0.4 is 30.6 Å². The summed E-state index contributed by atoms with van der Waals surface area (Å²) in [6, 6.07) is 15.4. The number of carbonyl (C=O) groups excluding carboxylic acids is 6. The van der Waals surface area contributed by atoms with Crippen LogP contribution in [-0.4, -0.2) is 84.7 Å². The Balaban J connectivity index is 0. The molecule has 0 spiro atoms. The van der Waals surface area contributed by atoms with Crippen LogP contribution in [-0.2, 0) is 0 Å². The van der Waals surface area contributed by atoms with Gasteiger partial charge in [0.15, 0.2) is 0 Å². The van der Waals surface area contributed by atoms with Crippen molar-refractivity contribution in [3.05, 3.63) is 106 Å². The first-order valence-electron chi connectivity index (χ1n) is 9.43. The largest absolute Gasteiger partial charge is 3.00 e. The molecule has 12 nitrogen and oxygen atoms in total. The van der Waals surface area contributed by atoms with Crippen LogP contribution in [0.2, 0.25) is 0 Å². The van der Waals surface area contributed by atoms with E-state index in [1.165, 1.54) is 36.4 Å². The first-order chi connectivity index (χ1) is 16.9. The predicted molar refractivity (Wildman–Crippen MR) is 117 cm³/mol. The normalized spacial score (nSPS) is 8.84. The van der Waals surface area contributed by atoms with Gasteiger partial charge in [-0.25, -0.2) is 0 Å². The van der Waals surface area contributed by atoms with Gasteiger partial charge in [0.1, 0.15) is 0 Å². The van der Waals surface area contributed by atoms with Crippen LogP contribution in [0.1, 0.15) is 62.1 Å². The van der Waals surface area contributed by atoms with Crippen LogP contribution in [0.25, 0.3) is 0 Å². The Hall–Kier alpha value is -3.88. The number of hydrogen-bond acceptors (Lipinski definition) is 12. The quantitative estimate of drug-likeness (QED) is 0.216. The van der Waals surface area contributed by atoms with Gasteiger partial charge in [-0.15, -0.1) is 0 Å². The molecule has 0 unspecified atom stereocenters. The van der Waals surface area contributed by atoms with Gasteiger partial charge in [-0.05, 0) is 0 Å². The topological polar surface area (TPSA) is 241 Å². The summed E-state index contributed by atoms with van der Waals surface area (Å²) in [6.07, 6.45) is 0. The van der Waals surface area contributed by atoms with E-state index in [2.05, 4.69) is 0 Å². The van der Waals surface area contributed by atoms with Crippen LogP contribution >= 0.6 is 0 Å². The van der Waals surface area contributed by atoms with Crippen molar-refractivity contribution in [2.24, 2.45) is 0 Å². The Bertz CT molecular complexity index is 1060. The first kappa shape index (κ1) is 36.3. The molecule has 0 N–H and O–H groups in total. The average Bonchev–Trinajstić information content (AvgIpc) is 2.84. The SMILES string of the molecule is O=C([O-])c1ccccc1C(=O)[O-].O=C([O-])c1ccccc1C(=O)[O-].O=C([O-])c1ccccc1C(=O)[O-].[Sb+3].[Sb+3]. The molecule has 0 aliphatic rings. The molecular weight excluding hydrogens is 724 g/mol. The fourth-order valence-corrected chi connectivity index (χ4v) is 2.52. The molecule has 0 bridgehead atoms. The molecule has 3 aromatic rings. The van der Waals surface area contributed by atoms with E-state index in [4.69, 9.17) is 0 Å². The van der Waals surface area contributed by atoms with Gasteiger partial charge in [-0.1, -0.05) is 72.8 Å². The fraction of sp³-hybridized carbons (Fsp3) is 0. The van der Waals surface area contributed by atoms with Crippen molar-refractivity contribution in [1.82, 2.24) is 0 Å². The molecule has 0 saturated carbocycles. The summed E-state index contributed by atoms with van der Waals surface area (Å²) in [5, 5.41) is 61.9. The first-order valence-corrected chi connectivity index (χ1v) is 9.43. The molecule has 0 amide bonds. The van der Waals surface area contributed by atoms with E-state index in [1.54, 1.807) is 0 Å². The number of benzene rings is 3. The molecule has 0 aromatic heterocycles. The van der Waals surface area contributed by atoms with Gasteiger partial charge >= 0.3 is 48.9 Å². The molecule has 190 valence electrons. The number of carboxylic acid groups (broad SMARTS) is 6. The maximum atomic E-state index is 10.3. The molecular formula is C24H12O12Sb2. The van der Waals surface area contributed by atoms with Gasteiger partial charge in [0.2, 0.25) is 0 Å². The van der Waals surface area contributed by atoms with Gasteiger partial charge in [-0.2, -0.15) is 0 Å². The number of aromatic carboxylic acids is 6. The van der Waals surface area contributed by atoms with Crippen molar-refractivity contribution in [1.29, 1.82) is 0 Å². The molecule has 38 heavy (non-hydrogen) atoms. The Morgan fingerprint density at radius 3 is 0.500 bits per heavy atom. The second kappa shape index (κ2) is 17.6. The van der Waals surface area contributed by atoms with E-state index < -0.39 is 35.8 Å². The smallest absolute Gasteiger partial charge is 0.545 e. The summed E-state index contributed by atoms with van der Waals surface area (Å²) in [5.41, 5.74) is -2.18.